The number of nitrogens with zero attached hydrogens (tertiary/aromatic N) is 6. The fraction of sp³-hybridized carbons (Fsp3) is 0.0741. The number of hydrogen-bond donors (Lipinski definition) is 0. The van der Waals surface area contributed by atoms with Crippen molar-refractivity contribution in [3.63, 3.8) is 0 Å². The van der Waals surface area contributed by atoms with E-state index in [1.165, 1.54) is 12.1 Å². The summed E-state index contributed by atoms with van der Waals surface area (Å²) >= 11 is 0. The summed E-state index contributed by atoms with van der Waals surface area (Å²) in [5.41, 5.74) is 4.36. The Hall–Kier alpha value is -5.05. The van der Waals surface area contributed by atoms with Gasteiger partial charge in [0, 0.05) is 42.7 Å². The Kier molecular flexibility index (Phi) is 5.87. The van der Waals surface area contributed by atoms with Crippen molar-refractivity contribution < 1.29 is 4.92 Å². The molecule has 0 N–H and O–H groups in total. The third-order valence-corrected chi connectivity index (χ3v) is 5.97. The van der Waals surface area contributed by atoms with Crippen molar-refractivity contribution in [3.05, 3.63) is 123 Å². The van der Waals surface area contributed by atoms with E-state index in [1.54, 1.807) is 32.4 Å². The third-order valence-electron chi connectivity index (χ3n) is 5.97. The van der Waals surface area contributed by atoms with Gasteiger partial charge < -0.3 is 0 Å². The van der Waals surface area contributed by atoms with Gasteiger partial charge in [-0.2, -0.15) is 5.10 Å². The van der Waals surface area contributed by atoms with Crippen LogP contribution in [-0.2, 0) is 7.05 Å². The molecule has 0 radical (unpaired) electrons. The molecule has 0 aliphatic heterocycles. The van der Waals surface area contributed by atoms with Gasteiger partial charge in [0.15, 0.2) is 5.69 Å². The second-order valence-corrected chi connectivity index (χ2v) is 8.19. The first-order valence-corrected chi connectivity index (χ1v) is 11.2. The van der Waals surface area contributed by atoms with Gasteiger partial charge in [-0.05, 0) is 43.3 Å². The number of nitro benzene ring substituents is 1. The maximum atomic E-state index is 13.3. The Bertz CT molecular complexity index is 1630. The van der Waals surface area contributed by atoms with Gasteiger partial charge >= 0.3 is 0 Å². The third kappa shape index (κ3) is 4.14. The SMILES string of the molecule is Cc1c(N=Cc2cn(-c3ccccc3)nc2-c2ccc([N+](=O)[O-])cc2)c(=O)n(-c2ccccc2)n1C. The van der Waals surface area contributed by atoms with Crippen LogP contribution in [0.25, 0.3) is 22.6 Å². The van der Waals surface area contributed by atoms with E-state index in [0.29, 0.717) is 28.2 Å². The smallest absolute Gasteiger partial charge is 0.283 e. The molecular formula is C27H22N6O3. The number of para-hydroxylation sites is 2. The molecule has 0 aliphatic carbocycles. The van der Waals surface area contributed by atoms with Gasteiger partial charge in [0.2, 0.25) is 0 Å². The van der Waals surface area contributed by atoms with Crippen LogP contribution in [0.15, 0.2) is 101 Å². The van der Waals surface area contributed by atoms with Gasteiger partial charge in [-0.15, -0.1) is 0 Å². The molecule has 2 heterocycles. The minimum Gasteiger partial charge on any atom is -0.283 e. The molecule has 178 valence electrons. The second kappa shape index (κ2) is 9.30. The zero-order valence-electron chi connectivity index (χ0n) is 19.6. The molecule has 0 atom stereocenters. The summed E-state index contributed by atoms with van der Waals surface area (Å²) in [4.78, 5) is 28.5. The predicted molar refractivity (Wildman–Crippen MR) is 139 cm³/mol. The van der Waals surface area contributed by atoms with Crippen LogP contribution in [0.1, 0.15) is 11.3 Å². The van der Waals surface area contributed by atoms with Crippen molar-refractivity contribution in [2.45, 2.75) is 6.92 Å². The topological polar surface area (TPSA) is 100 Å². The molecule has 5 aromatic rings. The van der Waals surface area contributed by atoms with Crippen molar-refractivity contribution in [2.24, 2.45) is 12.0 Å². The predicted octanol–water partition coefficient (Wildman–Crippen LogP) is 5.00. The molecule has 3 aromatic carbocycles. The minimum absolute atomic E-state index is 0.00201. The van der Waals surface area contributed by atoms with Crippen molar-refractivity contribution in [3.8, 4) is 22.6 Å². The molecule has 0 aliphatic rings. The highest BCUT2D eigenvalue weighted by Crippen LogP contribution is 2.26. The van der Waals surface area contributed by atoms with E-state index in [2.05, 4.69) is 4.99 Å². The van der Waals surface area contributed by atoms with Crippen LogP contribution < -0.4 is 5.56 Å². The van der Waals surface area contributed by atoms with Crippen molar-refractivity contribution in [1.29, 1.82) is 0 Å². The Morgan fingerprint density at radius 1 is 0.917 bits per heavy atom. The molecule has 9 nitrogen and oxygen atoms in total. The van der Waals surface area contributed by atoms with E-state index in [0.717, 1.165) is 11.4 Å². The number of benzene rings is 3. The van der Waals surface area contributed by atoms with E-state index in [1.807, 2.05) is 80.8 Å². The highest BCUT2D eigenvalue weighted by molar-refractivity contribution is 5.90. The van der Waals surface area contributed by atoms with Crippen LogP contribution in [0.3, 0.4) is 0 Å². The van der Waals surface area contributed by atoms with Gasteiger partial charge in [0.25, 0.3) is 11.2 Å². The van der Waals surface area contributed by atoms with Gasteiger partial charge in [0.1, 0.15) is 5.69 Å². The van der Waals surface area contributed by atoms with E-state index in [-0.39, 0.29) is 11.2 Å². The van der Waals surface area contributed by atoms with E-state index in [4.69, 9.17) is 5.10 Å². The van der Waals surface area contributed by atoms with E-state index >= 15 is 0 Å². The highest BCUT2D eigenvalue weighted by Gasteiger charge is 2.17. The molecule has 0 amide bonds. The standard InChI is InChI=1S/C27H22N6O3/c1-19-25(27(34)32(30(19)2)23-11-7-4-8-12-23)28-17-21-18-31(22-9-5-3-6-10-22)29-26(21)20-13-15-24(16-14-20)33(35)36/h3-18H,1-2H3. The van der Waals surface area contributed by atoms with Gasteiger partial charge in [-0.3, -0.25) is 19.6 Å². The molecule has 0 fully saturated rings. The lowest BCUT2D eigenvalue weighted by molar-refractivity contribution is -0.384. The average Bonchev–Trinajstić information content (AvgIpc) is 3.42. The van der Waals surface area contributed by atoms with Gasteiger partial charge in [-0.1, -0.05) is 36.4 Å². The summed E-state index contributed by atoms with van der Waals surface area (Å²) in [6.07, 6.45) is 3.44. The fourth-order valence-electron chi connectivity index (χ4n) is 4.00. The normalized spacial score (nSPS) is 11.3. The number of aromatic nitrogens is 4. The van der Waals surface area contributed by atoms with Crippen molar-refractivity contribution >= 4 is 17.6 Å². The monoisotopic (exact) mass is 478 g/mol. The minimum atomic E-state index is -0.440. The molecule has 0 bridgehead atoms. The van der Waals surface area contributed by atoms with Gasteiger partial charge in [0.05, 0.1) is 22.0 Å². The number of rotatable bonds is 6. The molecule has 36 heavy (non-hydrogen) atoms. The summed E-state index contributed by atoms with van der Waals surface area (Å²) in [6, 6.07) is 25.2. The Morgan fingerprint density at radius 2 is 1.53 bits per heavy atom. The summed E-state index contributed by atoms with van der Waals surface area (Å²) in [5.74, 6) is 0. The number of non-ortho nitro benzene ring substituents is 1. The Morgan fingerprint density at radius 3 is 2.14 bits per heavy atom. The van der Waals surface area contributed by atoms with Crippen LogP contribution in [-0.4, -0.2) is 30.3 Å². The van der Waals surface area contributed by atoms with Crippen LogP contribution in [0.4, 0.5) is 11.4 Å². The van der Waals surface area contributed by atoms with Crippen LogP contribution in [0.5, 0.6) is 0 Å². The lowest BCUT2D eigenvalue weighted by Gasteiger charge is -2.07. The first-order chi connectivity index (χ1) is 17.4. The lowest BCUT2D eigenvalue weighted by atomic mass is 10.1. The maximum Gasteiger partial charge on any atom is 0.297 e. The Labute approximate surface area is 206 Å². The molecule has 2 aromatic heterocycles. The molecule has 0 unspecified atom stereocenters. The van der Waals surface area contributed by atoms with E-state index < -0.39 is 4.92 Å². The summed E-state index contributed by atoms with van der Waals surface area (Å²) in [5, 5.41) is 15.8. The second-order valence-electron chi connectivity index (χ2n) is 8.19. The zero-order chi connectivity index (χ0) is 25.2. The quantitative estimate of drug-likeness (QED) is 0.195. The average molecular weight is 479 g/mol. The van der Waals surface area contributed by atoms with Crippen molar-refractivity contribution in [2.75, 3.05) is 0 Å². The first-order valence-electron chi connectivity index (χ1n) is 11.2. The first kappa shape index (κ1) is 22.7. The molecular weight excluding hydrogens is 456 g/mol. The molecule has 9 heteroatoms. The number of aliphatic imine (C=N–C) groups is 1. The highest BCUT2D eigenvalue weighted by atomic mass is 16.6. The maximum absolute atomic E-state index is 13.3. The van der Waals surface area contributed by atoms with Crippen LogP contribution in [0, 0.1) is 17.0 Å². The molecule has 5 rings (SSSR count). The zero-order valence-corrected chi connectivity index (χ0v) is 19.6. The molecule has 0 saturated heterocycles. The van der Waals surface area contributed by atoms with Crippen LogP contribution >= 0.6 is 0 Å². The summed E-state index contributed by atoms with van der Waals surface area (Å²) in [7, 11) is 1.82. The summed E-state index contributed by atoms with van der Waals surface area (Å²) < 4.78 is 5.07. The lowest BCUT2D eigenvalue weighted by Crippen LogP contribution is -2.19. The molecule has 0 saturated carbocycles. The largest absolute Gasteiger partial charge is 0.297 e. The Balaban J connectivity index is 1.60. The van der Waals surface area contributed by atoms with E-state index in [9.17, 15) is 14.9 Å². The van der Waals surface area contributed by atoms with Crippen LogP contribution in [0.2, 0.25) is 0 Å². The summed E-state index contributed by atoms with van der Waals surface area (Å²) in [6.45, 7) is 1.85. The number of nitro groups is 1. The molecule has 0 spiro atoms. The van der Waals surface area contributed by atoms with Gasteiger partial charge in [-0.25, -0.2) is 14.4 Å². The number of hydrogen-bond acceptors (Lipinski definition) is 5. The fourth-order valence-corrected chi connectivity index (χ4v) is 4.00. The van der Waals surface area contributed by atoms with Crippen molar-refractivity contribution in [1.82, 2.24) is 19.1 Å².